The van der Waals surface area contributed by atoms with Crippen LogP contribution < -0.4 is 4.74 Å². The molecule has 0 N–H and O–H groups in total. The smallest absolute Gasteiger partial charge is 0.260 e. The number of aryl methyl sites for hydroxylation is 2. The lowest BCUT2D eigenvalue weighted by Crippen LogP contribution is -2.51. The molecule has 0 atom stereocenters. The second-order valence-corrected chi connectivity index (χ2v) is 9.25. The van der Waals surface area contributed by atoms with E-state index < -0.39 is 15.8 Å². The van der Waals surface area contributed by atoms with Crippen LogP contribution in [0.15, 0.2) is 47.4 Å². The molecule has 154 valence electrons. The molecule has 1 amide bonds. The Labute approximate surface area is 169 Å². The number of amides is 1. The molecule has 0 aromatic heterocycles. The average Bonchev–Trinajstić information content (AvgIpc) is 3.20. The fourth-order valence-corrected chi connectivity index (χ4v) is 5.28. The summed E-state index contributed by atoms with van der Waals surface area (Å²) in [4.78, 5) is 14.0. The van der Waals surface area contributed by atoms with Crippen molar-refractivity contribution in [1.82, 2.24) is 9.21 Å². The first-order valence-electron chi connectivity index (χ1n) is 9.71. The Hall–Kier alpha value is -2.45. The number of hydrogen-bond donors (Lipinski definition) is 0. The van der Waals surface area contributed by atoms with Crippen molar-refractivity contribution in [3.8, 4) is 5.75 Å². The number of ether oxygens (including phenoxy) is 1. The number of carbonyl (C=O) groups excluding carboxylic acids is 1. The van der Waals surface area contributed by atoms with Gasteiger partial charge in [-0.2, -0.15) is 4.31 Å². The maximum atomic E-state index is 13.4. The third-order valence-electron chi connectivity index (χ3n) is 5.46. The Kier molecular flexibility index (Phi) is 5.56. The average molecular weight is 418 g/mol. The third-order valence-corrected chi connectivity index (χ3v) is 7.35. The first-order chi connectivity index (χ1) is 13.9. The Morgan fingerprint density at radius 1 is 1.00 bits per heavy atom. The summed E-state index contributed by atoms with van der Waals surface area (Å²) in [6.45, 7) is 0.824. The zero-order valence-corrected chi connectivity index (χ0v) is 16.8. The van der Waals surface area contributed by atoms with Crippen LogP contribution in [0, 0.1) is 5.82 Å². The molecule has 2 aliphatic rings. The minimum Gasteiger partial charge on any atom is -0.484 e. The highest BCUT2D eigenvalue weighted by atomic mass is 32.2. The van der Waals surface area contributed by atoms with Crippen LogP contribution in [-0.2, 0) is 27.7 Å². The van der Waals surface area contributed by atoms with Crippen molar-refractivity contribution in [3.63, 3.8) is 0 Å². The van der Waals surface area contributed by atoms with Gasteiger partial charge in [0.15, 0.2) is 6.61 Å². The minimum atomic E-state index is -3.77. The fourth-order valence-electron chi connectivity index (χ4n) is 3.83. The molecule has 2 aromatic rings. The van der Waals surface area contributed by atoms with E-state index >= 15 is 0 Å². The van der Waals surface area contributed by atoms with Crippen molar-refractivity contribution in [3.05, 3.63) is 59.4 Å². The molecule has 0 bridgehead atoms. The van der Waals surface area contributed by atoms with E-state index in [2.05, 4.69) is 6.07 Å². The maximum Gasteiger partial charge on any atom is 0.260 e. The zero-order chi connectivity index (χ0) is 20.4. The van der Waals surface area contributed by atoms with Gasteiger partial charge in [-0.3, -0.25) is 4.79 Å². The predicted molar refractivity (Wildman–Crippen MR) is 106 cm³/mol. The van der Waals surface area contributed by atoms with Gasteiger partial charge in [0.2, 0.25) is 10.0 Å². The topological polar surface area (TPSA) is 66.9 Å². The van der Waals surface area contributed by atoms with Gasteiger partial charge in [0.1, 0.15) is 11.6 Å². The molecule has 4 rings (SSSR count). The number of hydrogen-bond acceptors (Lipinski definition) is 4. The second kappa shape index (κ2) is 8.12. The quantitative estimate of drug-likeness (QED) is 0.747. The van der Waals surface area contributed by atoms with Crippen molar-refractivity contribution in [2.24, 2.45) is 0 Å². The molecule has 1 aliphatic carbocycles. The molecule has 0 unspecified atom stereocenters. The summed E-state index contributed by atoms with van der Waals surface area (Å²) < 4.78 is 45.6. The lowest BCUT2D eigenvalue weighted by Gasteiger charge is -2.34. The Morgan fingerprint density at radius 2 is 1.76 bits per heavy atom. The maximum absolute atomic E-state index is 13.4. The van der Waals surface area contributed by atoms with Crippen LogP contribution >= 0.6 is 0 Å². The number of halogens is 1. The number of sulfonamides is 1. The van der Waals surface area contributed by atoms with Gasteiger partial charge in [0.05, 0.1) is 4.90 Å². The highest BCUT2D eigenvalue weighted by Gasteiger charge is 2.30. The first-order valence-corrected chi connectivity index (χ1v) is 11.2. The number of benzene rings is 2. The molecule has 1 heterocycles. The normalized spacial score (nSPS) is 17.2. The Bertz CT molecular complexity index is 1020. The van der Waals surface area contributed by atoms with E-state index in [4.69, 9.17) is 4.74 Å². The summed E-state index contributed by atoms with van der Waals surface area (Å²) in [5, 5.41) is 0. The number of carbonyl (C=O) groups is 1. The van der Waals surface area contributed by atoms with E-state index in [9.17, 15) is 17.6 Å². The Morgan fingerprint density at radius 3 is 2.52 bits per heavy atom. The summed E-state index contributed by atoms with van der Waals surface area (Å²) in [6, 6.07) is 10.9. The van der Waals surface area contributed by atoms with E-state index in [1.807, 2.05) is 12.1 Å². The summed E-state index contributed by atoms with van der Waals surface area (Å²) in [7, 11) is -3.77. The molecule has 1 saturated heterocycles. The molecule has 1 aliphatic heterocycles. The lowest BCUT2D eigenvalue weighted by atomic mass is 10.1. The van der Waals surface area contributed by atoms with Crippen molar-refractivity contribution >= 4 is 15.9 Å². The lowest BCUT2D eigenvalue weighted by molar-refractivity contribution is -0.134. The van der Waals surface area contributed by atoms with Gasteiger partial charge in [0, 0.05) is 26.2 Å². The zero-order valence-electron chi connectivity index (χ0n) is 16.0. The van der Waals surface area contributed by atoms with Gasteiger partial charge in [-0.15, -0.1) is 0 Å². The van der Waals surface area contributed by atoms with Gasteiger partial charge in [-0.1, -0.05) is 12.1 Å². The van der Waals surface area contributed by atoms with Crippen LogP contribution in [0.25, 0.3) is 0 Å². The van der Waals surface area contributed by atoms with Gasteiger partial charge in [-0.05, 0) is 60.7 Å². The Balaban J connectivity index is 1.31. The molecule has 29 heavy (non-hydrogen) atoms. The fraction of sp³-hybridized carbons (Fsp3) is 0.381. The van der Waals surface area contributed by atoms with Crippen LogP contribution in [0.4, 0.5) is 4.39 Å². The summed E-state index contributed by atoms with van der Waals surface area (Å²) >= 11 is 0. The molecule has 1 fully saturated rings. The summed E-state index contributed by atoms with van der Waals surface area (Å²) in [5.41, 5.74) is 2.63. The van der Waals surface area contributed by atoms with E-state index in [1.165, 1.54) is 33.6 Å². The molecule has 6 nitrogen and oxygen atoms in total. The van der Waals surface area contributed by atoms with E-state index in [-0.39, 0.29) is 43.6 Å². The first kappa shape index (κ1) is 19.8. The SMILES string of the molecule is O=C(COc1ccc2c(c1)CCC2)N1CCN(S(=O)(=O)c2cccc(F)c2)CC1. The number of nitrogens with zero attached hydrogens (tertiary/aromatic N) is 2. The molecular weight excluding hydrogens is 395 g/mol. The van der Waals surface area contributed by atoms with E-state index in [0.717, 1.165) is 25.3 Å². The number of piperazine rings is 1. The van der Waals surface area contributed by atoms with Crippen molar-refractivity contribution < 1.29 is 22.3 Å². The van der Waals surface area contributed by atoms with Crippen molar-refractivity contribution in [1.29, 1.82) is 0 Å². The largest absolute Gasteiger partial charge is 0.484 e. The molecule has 2 aromatic carbocycles. The molecular formula is C21H23FN2O4S. The highest BCUT2D eigenvalue weighted by Crippen LogP contribution is 2.26. The van der Waals surface area contributed by atoms with Crippen LogP contribution in [-0.4, -0.2) is 56.3 Å². The monoisotopic (exact) mass is 418 g/mol. The van der Waals surface area contributed by atoms with Crippen molar-refractivity contribution in [2.45, 2.75) is 24.2 Å². The van der Waals surface area contributed by atoms with Crippen LogP contribution in [0.5, 0.6) is 5.75 Å². The van der Waals surface area contributed by atoms with Crippen LogP contribution in [0.1, 0.15) is 17.5 Å². The van der Waals surface area contributed by atoms with Crippen molar-refractivity contribution in [2.75, 3.05) is 32.8 Å². The summed E-state index contributed by atoms with van der Waals surface area (Å²) in [6.07, 6.45) is 3.29. The second-order valence-electron chi connectivity index (χ2n) is 7.31. The van der Waals surface area contributed by atoms with Gasteiger partial charge in [0.25, 0.3) is 5.91 Å². The number of rotatable bonds is 5. The minimum absolute atomic E-state index is 0.0720. The van der Waals surface area contributed by atoms with Gasteiger partial charge >= 0.3 is 0 Å². The van der Waals surface area contributed by atoms with Gasteiger partial charge < -0.3 is 9.64 Å². The number of fused-ring (bicyclic) bond motifs is 1. The van der Waals surface area contributed by atoms with Crippen LogP contribution in [0.3, 0.4) is 0 Å². The third kappa shape index (κ3) is 4.28. The van der Waals surface area contributed by atoms with Crippen LogP contribution in [0.2, 0.25) is 0 Å². The predicted octanol–water partition coefficient (Wildman–Crippen LogP) is 2.23. The molecule has 0 saturated carbocycles. The van der Waals surface area contributed by atoms with E-state index in [1.54, 1.807) is 4.90 Å². The highest BCUT2D eigenvalue weighted by molar-refractivity contribution is 7.89. The van der Waals surface area contributed by atoms with E-state index in [0.29, 0.717) is 5.75 Å². The van der Waals surface area contributed by atoms with Gasteiger partial charge in [-0.25, -0.2) is 12.8 Å². The molecule has 0 spiro atoms. The standard InChI is InChI=1S/C21H23FN2O4S/c22-18-5-2-6-20(14-18)29(26,27)24-11-9-23(10-12-24)21(25)15-28-19-8-7-16-3-1-4-17(16)13-19/h2,5-8,13-14H,1,3-4,9-12,15H2. The molecule has 8 heteroatoms. The molecule has 0 radical (unpaired) electrons. The summed E-state index contributed by atoms with van der Waals surface area (Å²) in [5.74, 6) is -0.0804.